The number of carbonyl (C=O) groups is 4. The van der Waals surface area contributed by atoms with Crippen LogP contribution in [-0.4, -0.2) is 64.8 Å². The molecule has 0 radical (unpaired) electrons. The third kappa shape index (κ3) is 13.7. The van der Waals surface area contributed by atoms with Crippen LogP contribution < -0.4 is 16.0 Å². The highest BCUT2D eigenvalue weighted by Crippen LogP contribution is 2.49. The highest BCUT2D eigenvalue weighted by molar-refractivity contribution is 7.53. The molecule has 0 saturated heterocycles. The maximum Gasteiger partial charge on any atom is 0.408 e. The molecule has 0 spiro atoms. The number of aromatic nitrogens is 1. The Morgan fingerprint density at radius 1 is 0.750 bits per heavy atom. The molecule has 4 N–H and O–H groups in total. The fourth-order valence-corrected chi connectivity index (χ4v) is 6.41. The largest absolute Gasteiger partial charge is 0.464 e. The quantitative estimate of drug-likeness (QED) is 0.0610. The highest BCUT2D eigenvalue weighted by Gasteiger charge is 2.39. The predicted octanol–water partition coefficient (Wildman–Crippen LogP) is 4.49. The van der Waals surface area contributed by atoms with Crippen molar-refractivity contribution in [2.45, 2.75) is 57.1 Å². The number of ether oxygens (including phenoxy) is 2. The van der Waals surface area contributed by atoms with Gasteiger partial charge in [0, 0.05) is 25.2 Å². The summed E-state index contributed by atoms with van der Waals surface area (Å²) in [5.41, 5.74) is 3.06. The number of esters is 1. The Hall–Kier alpha value is -5.36. The minimum absolute atomic E-state index is 0.00574. The number of aryl methyl sites for hydroxylation is 1. The monoisotopic (exact) mass is 730 g/mol. The maximum absolute atomic E-state index is 14.0. The molecule has 274 valence electrons. The number of hydrogen-bond acceptors (Lipinski definition) is 9. The van der Waals surface area contributed by atoms with Gasteiger partial charge in [-0.3, -0.25) is 23.7 Å². The lowest BCUT2D eigenvalue weighted by molar-refractivity contribution is -0.152. The normalized spacial score (nSPS) is 13.7. The molecule has 4 aromatic rings. The molecule has 0 bridgehead atoms. The second-order valence-corrected chi connectivity index (χ2v) is 13.9. The van der Waals surface area contributed by atoms with E-state index in [-0.39, 0.29) is 26.1 Å². The molecule has 0 aliphatic heterocycles. The zero-order valence-corrected chi connectivity index (χ0v) is 29.7. The standard InChI is InChI=1S/C38H43N4O9P/c1-28(41-38(46)50-27-32-16-9-4-10-17-32)36(44)40-26-34(43)42-35(25-31-14-7-3-8-15-31)52(47,48)51-33(24-30-12-5-2-6-13-30)37(45)49-23-11-18-29-19-21-39-22-20-29/h2-10,12-17,19-22,28,33,35H,11,18,23-27H2,1H3,(H,40,44)(H,41,46)(H,42,43)(H,47,48)/t28-,33-,35+/m0/s1. The summed E-state index contributed by atoms with van der Waals surface area (Å²) >= 11 is 0. The number of pyridine rings is 1. The van der Waals surface area contributed by atoms with Crippen LogP contribution in [0.25, 0.3) is 0 Å². The fourth-order valence-electron chi connectivity index (χ4n) is 4.99. The van der Waals surface area contributed by atoms with Crippen molar-refractivity contribution >= 4 is 31.5 Å². The molecule has 0 fully saturated rings. The summed E-state index contributed by atoms with van der Waals surface area (Å²) in [4.78, 5) is 66.6. The van der Waals surface area contributed by atoms with Gasteiger partial charge in [-0.1, -0.05) is 91.0 Å². The number of alkyl carbamates (subject to hydrolysis) is 1. The Balaban J connectivity index is 1.38. The summed E-state index contributed by atoms with van der Waals surface area (Å²) < 4.78 is 30.3. The minimum atomic E-state index is -4.80. The maximum atomic E-state index is 14.0. The summed E-state index contributed by atoms with van der Waals surface area (Å²) in [6.45, 7) is 0.886. The van der Waals surface area contributed by atoms with Gasteiger partial charge in [-0.2, -0.15) is 0 Å². The zero-order chi connectivity index (χ0) is 37.2. The van der Waals surface area contributed by atoms with Crippen LogP contribution in [0.2, 0.25) is 0 Å². The third-order valence-corrected chi connectivity index (χ3v) is 9.42. The lowest BCUT2D eigenvalue weighted by atomic mass is 10.1. The summed E-state index contributed by atoms with van der Waals surface area (Å²) in [6, 6.07) is 29.2. The average Bonchev–Trinajstić information content (AvgIpc) is 3.15. The molecule has 4 atom stereocenters. The van der Waals surface area contributed by atoms with Gasteiger partial charge < -0.3 is 30.3 Å². The van der Waals surface area contributed by atoms with Gasteiger partial charge in [0.2, 0.25) is 11.8 Å². The molecular formula is C38H43N4O9P. The van der Waals surface area contributed by atoms with Crippen LogP contribution in [0.15, 0.2) is 116 Å². The summed E-state index contributed by atoms with van der Waals surface area (Å²) in [7, 11) is -4.80. The van der Waals surface area contributed by atoms with E-state index in [9.17, 15) is 28.6 Å². The Morgan fingerprint density at radius 3 is 1.94 bits per heavy atom. The van der Waals surface area contributed by atoms with E-state index in [0.717, 1.165) is 11.1 Å². The lowest BCUT2D eigenvalue weighted by Crippen LogP contribution is -2.49. The van der Waals surface area contributed by atoms with E-state index in [1.807, 2.05) is 18.2 Å². The van der Waals surface area contributed by atoms with Crippen LogP contribution >= 0.6 is 7.60 Å². The van der Waals surface area contributed by atoms with E-state index in [1.165, 1.54) is 6.92 Å². The Bertz CT molecular complexity index is 1770. The smallest absolute Gasteiger partial charge is 0.408 e. The SMILES string of the molecule is C[C@H](NC(=O)OCc1ccccc1)C(=O)NCC(=O)N[C@@H](Cc1ccccc1)P(=O)(O)O[C@@H](Cc1ccccc1)C(=O)OCCCc1ccncc1. The van der Waals surface area contributed by atoms with E-state index < -0.39 is 55.9 Å². The highest BCUT2D eigenvalue weighted by atomic mass is 31.2. The zero-order valence-electron chi connectivity index (χ0n) is 28.8. The number of nitrogens with one attached hydrogen (secondary N) is 3. The van der Waals surface area contributed by atoms with Gasteiger partial charge in [-0.25, -0.2) is 9.59 Å². The Labute approximate surface area is 302 Å². The predicted molar refractivity (Wildman–Crippen MR) is 193 cm³/mol. The first-order valence-electron chi connectivity index (χ1n) is 16.8. The molecule has 14 heteroatoms. The second-order valence-electron chi connectivity index (χ2n) is 11.9. The number of rotatable bonds is 19. The van der Waals surface area contributed by atoms with Crippen LogP contribution in [0.4, 0.5) is 4.79 Å². The van der Waals surface area contributed by atoms with E-state index in [0.29, 0.717) is 24.0 Å². The summed E-state index contributed by atoms with van der Waals surface area (Å²) in [5, 5.41) is 7.29. The molecule has 3 amide bonds. The topological polar surface area (TPSA) is 182 Å². The average molecular weight is 731 g/mol. The molecule has 1 heterocycles. The molecule has 0 aliphatic carbocycles. The molecule has 0 saturated carbocycles. The fraction of sp³-hybridized carbons (Fsp3) is 0.289. The first kappa shape index (κ1) is 39.4. The molecule has 4 rings (SSSR count). The number of amides is 3. The Morgan fingerprint density at radius 2 is 1.33 bits per heavy atom. The van der Waals surface area contributed by atoms with Crippen molar-refractivity contribution < 1.29 is 42.6 Å². The van der Waals surface area contributed by atoms with Crippen molar-refractivity contribution in [2.24, 2.45) is 0 Å². The van der Waals surface area contributed by atoms with Crippen molar-refractivity contribution in [1.82, 2.24) is 20.9 Å². The Kier molecular flexibility index (Phi) is 15.5. The van der Waals surface area contributed by atoms with Crippen LogP contribution in [0.3, 0.4) is 0 Å². The first-order valence-corrected chi connectivity index (χ1v) is 18.4. The number of carbonyl (C=O) groups excluding carboxylic acids is 4. The van der Waals surface area contributed by atoms with E-state index >= 15 is 0 Å². The van der Waals surface area contributed by atoms with Crippen molar-refractivity contribution in [3.05, 3.63) is 138 Å². The van der Waals surface area contributed by atoms with Crippen LogP contribution in [-0.2, 0) is 58.8 Å². The molecule has 1 unspecified atom stereocenters. The van der Waals surface area contributed by atoms with E-state index in [1.54, 1.807) is 97.3 Å². The van der Waals surface area contributed by atoms with Crippen LogP contribution in [0.1, 0.15) is 35.6 Å². The van der Waals surface area contributed by atoms with Gasteiger partial charge in [0.25, 0.3) is 0 Å². The number of hydrogen-bond donors (Lipinski definition) is 4. The lowest BCUT2D eigenvalue weighted by Gasteiger charge is -2.27. The van der Waals surface area contributed by atoms with E-state index in [2.05, 4.69) is 20.9 Å². The van der Waals surface area contributed by atoms with Gasteiger partial charge in [0.15, 0.2) is 6.10 Å². The van der Waals surface area contributed by atoms with Crippen LogP contribution in [0, 0.1) is 0 Å². The second kappa shape index (κ2) is 20.5. The van der Waals surface area contributed by atoms with Crippen LogP contribution in [0.5, 0.6) is 0 Å². The van der Waals surface area contributed by atoms with Crippen molar-refractivity contribution in [2.75, 3.05) is 13.2 Å². The number of benzene rings is 3. The summed E-state index contributed by atoms with van der Waals surface area (Å²) in [5.74, 6) is -3.82. The van der Waals surface area contributed by atoms with Gasteiger partial charge >= 0.3 is 19.7 Å². The molecular weight excluding hydrogens is 687 g/mol. The minimum Gasteiger partial charge on any atom is -0.464 e. The van der Waals surface area contributed by atoms with Gasteiger partial charge in [0.1, 0.15) is 18.4 Å². The van der Waals surface area contributed by atoms with Crippen molar-refractivity contribution in [3.63, 3.8) is 0 Å². The first-order chi connectivity index (χ1) is 25.1. The third-order valence-electron chi connectivity index (χ3n) is 7.77. The van der Waals surface area contributed by atoms with Gasteiger partial charge in [-0.05, 0) is 54.2 Å². The van der Waals surface area contributed by atoms with Gasteiger partial charge in [-0.15, -0.1) is 0 Å². The molecule has 52 heavy (non-hydrogen) atoms. The molecule has 0 aliphatic rings. The molecule has 1 aromatic heterocycles. The van der Waals surface area contributed by atoms with Crippen molar-refractivity contribution in [1.29, 1.82) is 0 Å². The molecule has 13 nitrogen and oxygen atoms in total. The van der Waals surface area contributed by atoms with Crippen molar-refractivity contribution in [3.8, 4) is 0 Å². The molecule has 3 aromatic carbocycles. The van der Waals surface area contributed by atoms with E-state index in [4.69, 9.17) is 14.0 Å². The van der Waals surface area contributed by atoms with Gasteiger partial charge in [0.05, 0.1) is 13.2 Å². The summed E-state index contributed by atoms with van der Waals surface area (Å²) in [6.07, 6.45) is 2.00. The number of nitrogens with zero attached hydrogens (tertiary/aromatic N) is 1.